The Morgan fingerprint density at radius 2 is 2.00 bits per heavy atom. The summed E-state index contributed by atoms with van der Waals surface area (Å²) in [5.74, 6) is -0.701. The highest BCUT2D eigenvalue weighted by Crippen LogP contribution is 2.58. The Labute approximate surface area is 112 Å². The third kappa shape index (κ3) is 2.37. The molecule has 4 nitrogen and oxygen atoms in total. The molecule has 0 spiro atoms. The predicted octanol–water partition coefficient (Wildman–Crippen LogP) is 1.75. The molecule has 3 atom stereocenters. The molecule has 2 fully saturated rings. The Morgan fingerprint density at radius 3 is 2.44 bits per heavy atom. The second-order valence-corrected chi connectivity index (χ2v) is 7.92. The van der Waals surface area contributed by atoms with Gasteiger partial charge in [-0.05, 0) is 30.9 Å². The predicted molar refractivity (Wildman–Crippen MR) is 71.5 cm³/mol. The lowest BCUT2D eigenvalue weighted by molar-refractivity contribution is -0.140. The molecular weight excluding hydrogens is 250 g/mol. The standard InChI is InChI=1S/C13H21NO3S/c1-12(2)8(9(12)11(16)17)10(15)14-7-13(3)5-4-6-18-13/h8-9H,4-7H2,1-3H3,(H,14,15)(H,16,17)/t8-,9+,13?/m1/s1. The van der Waals surface area contributed by atoms with E-state index in [1.54, 1.807) is 0 Å². The Balaban J connectivity index is 1.88. The maximum atomic E-state index is 12.1. The highest BCUT2D eigenvalue weighted by atomic mass is 32.2. The first-order valence-corrected chi connectivity index (χ1v) is 7.41. The lowest BCUT2D eigenvalue weighted by Gasteiger charge is -2.23. The van der Waals surface area contributed by atoms with Crippen LogP contribution in [-0.4, -0.2) is 34.0 Å². The Morgan fingerprint density at radius 1 is 1.33 bits per heavy atom. The zero-order valence-corrected chi connectivity index (χ0v) is 12.0. The number of carboxylic acids is 1. The van der Waals surface area contributed by atoms with Gasteiger partial charge < -0.3 is 10.4 Å². The van der Waals surface area contributed by atoms with E-state index in [9.17, 15) is 9.59 Å². The minimum Gasteiger partial charge on any atom is -0.481 e. The van der Waals surface area contributed by atoms with Gasteiger partial charge in [0.1, 0.15) is 0 Å². The summed E-state index contributed by atoms with van der Waals surface area (Å²) in [6.07, 6.45) is 2.32. The highest BCUT2D eigenvalue weighted by Gasteiger charge is 2.65. The van der Waals surface area contributed by atoms with Gasteiger partial charge in [0.2, 0.25) is 5.91 Å². The fourth-order valence-electron chi connectivity index (χ4n) is 2.95. The van der Waals surface area contributed by atoms with E-state index in [2.05, 4.69) is 12.2 Å². The number of hydrogen-bond donors (Lipinski definition) is 2. The minimum atomic E-state index is -0.860. The number of carboxylic acid groups (broad SMARTS) is 1. The number of rotatable bonds is 4. The minimum absolute atomic E-state index is 0.0962. The summed E-state index contributed by atoms with van der Waals surface area (Å²) >= 11 is 1.89. The fourth-order valence-corrected chi connectivity index (χ4v) is 4.19. The number of thioether (sulfide) groups is 1. The second-order valence-electron chi connectivity index (χ2n) is 6.23. The first-order chi connectivity index (χ1) is 8.28. The quantitative estimate of drug-likeness (QED) is 0.817. The van der Waals surface area contributed by atoms with Crippen LogP contribution < -0.4 is 5.32 Å². The molecule has 2 rings (SSSR count). The van der Waals surface area contributed by atoms with Crippen LogP contribution in [0.15, 0.2) is 0 Å². The van der Waals surface area contributed by atoms with Crippen molar-refractivity contribution in [2.45, 2.75) is 38.4 Å². The van der Waals surface area contributed by atoms with Gasteiger partial charge in [0.05, 0.1) is 11.8 Å². The number of carbonyl (C=O) groups excluding carboxylic acids is 1. The van der Waals surface area contributed by atoms with Crippen LogP contribution in [0.2, 0.25) is 0 Å². The third-order valence-electron chi connectivity index (χ3n) is 4.31. The molecule has 0 aromatic heterocycles. The average Bonchev–Trinajstić information content (AvgIpc) is 2.64. The molecule has 0 bridgehead atoms. The summed E-state index contributed by atoms with van der Waals surface area (Å²) in [6, 6.07) is 0. The largest absolute Gasteiger partial charge is 0.481 e. The summed E-state index contributed by atoms with van der Waals surface area (Å²) in [4.78, 5) is 23.1. The van der Waals surface area contributed by atoms with Gasteiger partial charge in [-0.3, -0.25) is 9.59 Å². The van der Waals surface area contributed by atoms with E-state index < -0.39 is 17.3 Å². The molecule has 18 heavy (non-hydrogen) atoms. The van der Waals surface area contributed by atoms with Crippen LogP contribution in [0, 0.1) is 17.3 Å². The highest BCUT2D eigenvalue weighted by molar-refractivity contribution is 8.00. The van der Waals surface area contributed by atoms with Crippen LogP contribution in [-0.2, 0) is 9.59 Å². The van der Waals surface area contributed by atoms with E-state index in [4.69, 9.17) is 5.11 Å². The summed E-state index contributed by atoms with van der Waals surface area (Å²) in [6.45, 7) is 6.51. The van der Waals surface area contributed by atoms with Crippen molar-refractivity contribution < 1.29 is 14.7 Å². The fraction of sp³-hybridized carbons (Fsp3) is 0.846. The first-order valence-electron chi connectivity index (χ1n) is 6.42. The van der Waals surface area contributed by atoms with Crippen molar-refractivity contribution >= 4 is 23.6 Å². The van der Waals surface area contributed by atoms with Crippen molar-refractivity contribution in [3.8, 4) is 0 Å². The van der Waals surface area contributed by atoms with Crippen molar-refractivity contribution in [3.05, 3.63) is 0 Å². The molecule has 0 radical (unpaired) electrons. The Hall–Kier alpha value is -0.710. The van der Waals surface area contributed by atoms with E-state index in [0.717, 1.165) is 12.2 Å². The topological polar surface area (TPSA) is 66.4 Å². The van der Waals surface area contributed by atoms with Crippen molar-refractivity contribution in [1.29, 1.82) is 0 Å². The molecule has 1 saturated carbocycles. The number of carbonyl (C=O) groups is 2. The average molecular weight is 271 g/mol. The molecule has 5 heteroatoms. The van der Waals surface area contributed by atoms with Crippen molar-refractivity contribution in [3.63, 3.8) is 0 Å². The van der Waals surface area contributed by atoms with Crippen LogP contribution in [0.5, 0.6) is 0 Å². The van der Waals surface area contributed by atoms with Crippen molar-refractivity contribution in [2.24, 2.45) is 17.3 Å². The molecule has 2 aliphatic rings. The van der Waals surface area contributed by atoms with E-state index in [-0.39, 0.29) is 16.6 Å². The first kappa shape index (κ1) is 13.7. The van der Waals surface area contributed by atoms with Gasteiger partial charge in [-0.2, -0.15) is 11.8 Å². The van der Waals surface area contributed by atoms with Gasteiger partial charge in [0.15, 0.2) is 0 Å². The van der Waals surface area contributed by atoms with E-state index >= 15 is 0 Å². The summed E-state index contributed by atoms with van der Waals surface area (Å²) in [5.41, 5.74) is -0.403. The number of nitrogens with one attached hydrogen (secondary N) is 1. The molecular formula is C13H21NO3S. The zero-order chi connectivity index (χ0) is 13.6. The van der Waals surface area contributed by atoms with E-state index in [1.165, 1.54) is 6.42 Å². The maximum absolute atomic E-state index is 12.1. The monoisotopic (exact) mass is 271 g/mol. The SMILES string of the molecule is CC1(CNC(=O)[C@H]2[C@@H](C(=O)O)C2(C)C)CCCS1. The maximum Gasteiger partial charge on any atom is 0.307 e. The molecule has 1 unspecified atom stereocenters. The van der Waals surface area contributed by atoms with Crippen LogP contribution in [0.3, 0.4) is 0 Å². The molecule has 1 amide bonds. The summed E-state index contributed by atoms with van der Waals surface area (Å²) in [5, 5.41) is 12.0. The van der Waals surface area contributed by atoms with Gasteiger partial charge >= 0.3 is 5.97 Å². The lowest BCUT2D eigenvalue weighted by atomic mass is 10.1. The normalized spacial score (nSPS) is 37.3. The van der Waals surface area contributed by atoms with Crippen molar-refractivity contribution in [2.75, 3.05) is 12.3 Å². The molecule has 102 valence electrons. The molecule has 1 aliphatic carbocycles. The molecule has 1 saturated heterocycles. The number of amides is 1. The third-order valence-corrected chi connectivity index (χ3v) is 5.85. The Bertz CT molecular complexity index is 374. The summed E-state index contributed by atoms with van der Waals surface area (Å²) in [7, 11) is 0. The van der Waals surface area contributed by atoms with Gasteiger partial charge in [-0.1, -0.05) is 13.8 Å². The molecule has 1 aliphatic heterocycles. The number of hydrogen-bond acceptors (Lipinski definition) is 3. The Kier molecular flexibility index (Phi) is 3.38. The van der Waals surface area contributed by atoms with Crippen LogP contribution >= 0.6 is 11.8 Å². The number of aliphatic carboxylic acids is 1. The lowest BCUT2D eigenvalue weighted by Crippen LogP contribution is -2.38. The van der Waals surface area contributed by atoms with Gasteiger partial charge in [-0.25, -0.2) is 0 Å². The van der Waals surface area contributed by atoms with Gasteiger partial charge in [0, 0.05) is 11.3 Å². The smallest absolute Gasteiger partial charge is 0.307 e. The van der Waals surface area contributed by atoms with E-state index in [0.29, 0.717) is 6.54 Å². The molecule has 2 N–H and O–H groups in total. The van der Waals surface area contributed by atoms with Crippen molar-refractivity contribution in [1.82, 2.24) is 5.32 Å². The molecule has 1 heterocycles. The van der Waals surface area contributed by atoms with Crippen LogP contribution in [0.1, 0.15) is 33.6 Å². The van der Waals surface area contributed by atoms with E-state index in [1.807, 2.05) is 25.6 Å². The van der Waals surface area contributed by atoms with Gasteiger partial charge in [-0.15, -0.1) is 0 Å². The molecule has 0 aromatic rings. The summed E-state index contributed by atoms with van der Waals surface area (Å²) < 4.78 is 0.132. The van der Waals surface area contributed by atoms with Crippen LogP contribution in [0.25, 0.3) is 0 Å². The molecule has 0 aromatic carbocycles. The van der Waals surface area contributed by atoms with Crippen LogP contribution in [0.4, 0.5) is 0 Å². The second kappa shape index (κ2) is 4.44. The zero-order valence-electron chi connectivity index (χ0n) is 11.2. The van der Waals surface area contributed by atoms with Gasteiger partial charge in [0.25, 0.3) is 0 Å².